The van der Waals surface area contributed by atoms with E-state index in [1.807, 2.05) is 6.08 Å². The molecule has 0 unspecified atom stereocenters. The van der Waals surface area contributed by atoms with Gasteiger partial charge in [-0.1, -0.05) is 231 Å². The summed E-state index contributed by atoms with van der Waals surface area (Å²) in [6.07, 6.45) is 53.9. The molecule has 0 amide bonds. The van der Waals surface area contributed by atoms with Crippen LogP contribution in [0.3, 0.4) is 0 Å². The molecule has 0 saturated carbocycles. The quantitative estimate of drug-likeness (QED) is 0.0574. The van der Waals surface area contributed by atoms with Crippen LogP contribution in [0.4, 0.5) is 0 Å². The molecule has 0 aromatic carbocycles. The molecule has 0 atom stereocenters. The van der Waals surface area contributed by atoms with Crippen molar-refractivity contribution in [2.45, 2.75) is 219 Å². The lowest BCUT2D eigenvalue weighted by Gasteiger charge is -2.04. The molecule has 0 aromatic heterocycles. The Balaban J connectivity index is 3.03. The van der Waals surface area contributed by atoms with Crippen molar-refractivity contribution >= 4 is 0 Å². The normalized spacial score (nSPS) is 11.6. The number of unbranched alkanes of at least 4 members (excludes halogenated alkanes) is 32. The molecule has 0 N–H and O–H groups in total. The Bertz CT molecular complexity index is 433. The monoisotopic (exact) mass is 530 g/mol. The van der Waals surface area contributed by atoms with Crippen LogP contribution in [0.5, 0.6) is 0 Å². The second-order valence-corrected chi connectivity index (χ2v) is 12.4. The van der Waals surface area contributed by atoms with Crippen LogP contribution in [0.25, 0.3) is 0 Å². The van der Waals surface area contributed by atoms with Gasteiger partial charge in [0.05, 0.1) is 0 Å². The highest BCUT2D eigenvalue weighted by molar-refractivity contribution is 4.95. The van der Waals surface area contributed by atoms with E-state index in [9.17, 15) is 0 Å². The molecule has 0 heteroatoms. The van der Waals surface area contributed by atoms with Crippen LogP contribution in [0, 0.1) is 6.58 Å². The summed E-state index contributed by atoms with van der Waals surface area (Å²) in [5.41, 5.74) is 0. The average Bonchev–Trinajstić information content (AvgIpc) is 2.93. The van der Waals surface area contributed by atoms with Crippen molar-refractivity contribution in [2.24, 2.45) is 0 Å². The van der Waals surface area contributed by atoms with Gasteiger partial charge in [0.1, 0.15) is 0 Å². The zero-order valence-electron chi connectivity index (χ0n) is 26.6. The lowest BCUT2D eigenvalue weighted by molar-refractivity contribution is 0.512. The van der Waals surface area contributed by atoms with Crippen LogP contribution in [0.2, 0.25) is 0 Å². The van der Waals surface area contributed by atoms with Crippen LogP contribution in [-0.4, -0.2) is 0 Å². The lowest BCUT2D eigenvalue weighted by atomic mass is 10.0. The van der Waals surface area contributed by atoms with Crippen LogP contribution in [0.15, 0.2) is 18.2 Å². The molecule has 38 heavy (non-hydrogen) atoms. The summed E-state index contributed by atoms with van der Waals surface area (Å²) in [7, 11) is 0. The van der Waals surface area contributed by atoms with Crippen LogP contribution < -0.4 is 0 Å². The first-order chi connectivity index (χ1) is 18.9. The van der Waals surface area contributed by atoms with Crippen molar-refractivity contribution in [1.82, 2.24) is 0 Å². The van der Waals surface area contributed by atoms with Gasteiger partial charge in [-0.25, -0.2) is 0 Å². The Labute approximate surface area is 243 Å². The summed E-state index contributed by atoms with van der Waals surface area (Å²) in [6, 6.07) is 0. The molecule has 0 spiro atoms. The Hall–Kier alpha value is -0.520. The van der Waals surface area contributed by atoms with Gasteiger partial charge < -0.3 is 0 Å². The first-order valence-corrected chi connectivity index (χ1v) is 18.1. The number of rotatable bonds is 34. The fourth-order valence-electron chi connectivity index (χ4n) is 5.81. The van der Waals surface area contributed by atoms with E-state index in [-0.39, 0.29) is 0 Å². The number of hydrogen-bond donors (Lipinski definition) is 0. The van der Waals surface area contributed by atoms with Crippen molar-refractivity contribution < 1.29 is 0 Å². The first-order valence-electron chi connectivity index (χ1n) is 18.1. The highest BCUT2D eigenvalue weighted by atomic mass is 14.0. The van der Waals surface area contributed by atoms with E-state index >= 15 is 0 Å². The topological polar surface area (TPSA) is 0 Å². The van der Waals surface area contributed by atoms with Gasteiger partial charge in [0, 0.05) is 0 Å². The summed E-state index contributed by atoms with van der Waals surface area (Å²) in [5, 5.41) is 0. The molecule has 0 bridgehead atoms. The van der Waals surface area contributed by atoms with Crippen molar-refractivity contribution in [3.63, 3.8) is 0 Å². The summed E-state index contributed by atoms with van der Waals surface area (Å²) in [4.78, 5) is 0. The summed E-state index contributed by atoms with van der Waals surface area (Å²) in [5.74, 6) is 0. The molecule has 0 nitrogen and oxygen atoms in total. The van der Waals surface area contributed by atoms with Crippen molar-refractivity contribution in [3.05, 3.63) is 24.8 Å². The lowest BCUT2D eigenvalue weighted by Crippen LogP contribution is -1.85. The van der Waals surface area contributed by atoms with Gasteiger partial charge in [-0.15, -0.1) is 0 Å². The Morgan fingerprint density at radius 1 is 0.316 bits per heavy atom. The smallest absolute Gasteiger partial charge is 0.0348 e. The molecule has 0 aromatic rings. The fourth-order valence-corrected chi connectivity index (χ4v) is 5.81. The van der Waals surface area contributed by atoms with Gasteiger partial charge in [0.25, 0.3) is 0 Å². The minimum atomic E-state index is 1.19. The molecule has 0 aliphatic heterocycles. The number of hydrogen-bond acceptors (Lipinski definition) is 0. The van der Waals surface area contributed by atoms with Crippen molar-refractivity contribution in [1.29, 1.82) is 0 Å². The third kappa shape index (κ3) is 35.5. The van der Waals surface area contributed by atoms with E-state index in [1.165, 1.54) is 212 Å². The summed E-state index contributed by atoms with van der Waals surface area (Å²) in [6.45, 7) is 7.64. The molecule has 0 aliphatic carbocycles. The third-order valence-electron chi connectivity index (χ3n) is 8.47. The van der Waals surface area contributed by atoms with Gasteiger partial charge in [-0.05, 0) is 12.8 Å². The molecule has 225 valence electrons. The Kier molecular flexibility index (Phi) is 36.0. The Morgan fingerprint density at radius 3 is 0.737 bits per heavy atom. The molecular weight excluding hydrogens is 456 g/mol. The van der Waals surface area contributed by atoms with Gasteiger partial charge in [0.2, 0.25) is 0 Å². The molecule has 0 fully saturated rings. The van der Waals surface area contributed by atoms with Crippen LogP contribution in [0.1, 0.15) is 219 Å². The minimum absolute atomic E-state index is 1.19. The number of allylic oxidation sites excluding steroid dienone is 3. The van der Waals surface area contributed by atoms with E-state index in [0.717, 1.165) is 0 Å². The third-order valence-corrected chi connectivity index (χ3v) is 8.47. The highest BCUT2D eigenvalue weighted by Crippen LogP contribution is 2.17. The molecular formula is C38H73. The molecule has 1 radical (unpaired) electrons. The maximum atomic E-state index is 5.34. The molecule has 0 aliphatic rings. The van der Waals surface area contributed by atoms with Crippen molar-refractivity contribution in [3.8, 4) is 0 Å². The van der Waals surface area contributed by atoms with E-state index in [1.54, 1.807) is 6.08 Å². The minimum Gasteiger partial charge on any atom is -0.0845 e. The molecule has 0 rings (SSSR count). The Morgan fingerprint density at radius 2 is 0.526 bits per heavy atom. The molecule has 0 saturated heterocycles. The van der Waals surface area contributed by atoms with Gasteiger partial charge in [0.15, 0.2) is 0 Å². The predicted octanol–water partition coefficient (Wildman–Crippen LogP) is 14.4. The standard InChI is InChI=1S/C38H73/c1-3-5-7-9-11-13-15-17-19-21-23-25-27-29-31-33-35-37-38-36-34-32-30-28-26-24-22-20-18-16-14-12-10-8-6-4-2/h1,3,5,7H,4,6,8-38H2,2H3/b3-1?,7-5+. The summed E-state index contributed by atoms with van der Waals surface area (Å²) >= 11 is 0. The SMILES string of the molecule is [CH]=C/C=C/CCCCCCCCCCCCCCCCCCCCCCCCCCCCCCCCCC. The predicted molar refractivity (Wildman–Crippen MR) is 176 cm³/mol. The van der Waals surface area contributed by atoms with Gasteiger partial charge in [-0.3, -0.25) is 0 Å². The zero-order valence-corrected chi connectivity index (χ0v) is 26.6. The first kappa shape index (κ1) is 37.5. The maximum absolute atomic E-state index is 5.34. The highest BCUT2D eigenvalue weighted by Gasteiger charge is 1.97. The van der Waals surface area contributed by atoms with Gasteiger partial charge >= 0.3 is 0 Å². The van der Waals surface area contributed by atoms with E-state index in [4.69, 9.17) is 6.58 Å². The van der Waals surface area contributed by atoms with E-state index in [0.29, 0.717) is 0 Å². The second-order valence-electron chi connectivity index (χ2n) is 12.4. The largest absolute Gasteiger partial charge is 0.0845 e. The second kappa shape index (κ2) is 36.5. The fraction of sp³-hybridized carbons (Fsp3) is 0.895. The van der Waals surface area contributed by atoms with E-state index < -0.39 is 0 Å². The van der Waals surface area contributed by atoms with Crippen LogP contribution >= 0.6 is 0 Å². The van der Waals surface area contributed by atoms with Gasteiger partial charge in [-0.2, -0.15) is 0 Å². The molecule has 0 heterocycles. The van der Waals surface area contributed by atoms with Crippen LogP contribution in [-0.2, 0) is 0 Å². The average molecular weight is 530 g/mol. The zero-order chi connectivity index (χ0) is 27.5. The van der Waals surface area contributed by atoms with Crippen molar-refractivity contribution in [2.75, 3.05) is 0 Å². The summed E-state index contributed by atoms with van der Waals surface area (Å²) < 4.78 is 0. The van der Waals surface area contributed by atoms with E-state index in [2.05, 4.69) is 13.0 Å². The maximum Gasteiger partial charge on any atom is -0.0348 e.